The van der Waals surface area contributed by atoms with E-state index < -0.39 is 0 Å². The topological polar surface area (TPSA) is 49.4 Å². The number of halogens is 1. The first kappa shape index (κ1) is 15.9. The van der Waals surface area contributed by atoms with E-state index >= 15 is 0 Å². The Hall–Kier alpha value is -1.59. The van der Waals surface area contributed by atoms with Crippen LogP contribution in [0.5, 0.6) is 0 Å². The molecule has 1 N–H and O–H groups in total. The molecule has 24 heavy (non-hydrogen) atoms. The molecule has 1 aliphatic carbocycles. The van der Waals surface area contributed by atoms with Crippen LogP contribution in [0, 0.1) is 5.92 Å². The van der Waals surface area contributed by atoms with E-state index in [0.717, 1.165) is 32.8 Å². The first-order chi connectivity index (χ1) is 11.6. The first-order valence-electron chi connectivity index (χ1n) is 8.36. The minimum atomic E-state index is -0.101. The highest BCUT2D eigenvalue weighted by atomic mass is 35.5. The fraction of sp³-hybridized carbons (Fsp3) is 0.444. The third-order valence-electron chi connectivity index (χ3n) is 4.83. The zero-order chi connectivity index (χ0) is 16.7. The summed E-state index contributed by atoms with van der Waals surface area (Å²) in [5.74, 6) is 0.132. The summed E-state index contributed by atoms with van der Waals surface area (Å²) in [7, 11) is 0. The highest BCUT2D eigenvalue weighted by Crippen LogP contribution is 2.35. The van der Waals surface area contributed by atoms with Crippen molar-refractivity contribution >= 4 is 44.8 Å². The molecule has 0 unspecified atom stereocenters. The molecular formula is C18H19ClN2O2S. The number of nitrogens with one attached hydrogen (secondary N) is 1. The summed E-state index contributed by atoms with van der Waals surface area (Å²) in [6.45, 7) is 1.01. The van der Waals surface area contributed by atoms with Crippen molar-refractivity contribution in [2.24, 2.45) is 5.92 Å². The van der Waals surface area contributed by atoms with E-state index in [1.807, 2.05) is 29.2 Å². The van der Waals surface area contributed by atoms with Crippen molar-refractivity contribution in [1.82, 2.24) is 10.2 Å². The summed E-state index contributed by atoms with van der Waals surface area (Å²) in [6.07, 6.45) is 3.29. The van der Waals surface area contributed by atoms with Gasteiger partial charge in [-0.1, -0.05) is 29.8 Å². The van der Waals surface area contributed by atoms with Crippen LogP contribution < -0.4 is 5.32 Å². The minimum absolute atomic E-state index is 0.0293. The molecule has 1 aromatic heterocycles. The molecule has 1 aromatic carbocycles. The van der Waals surface area contributed by atoms with Gasteiger partial charge in [-0.15, -0.1) is 11.3 Å². The molecule has 1 aliphatic heterocycles. The molecule has 1 atom stereocenters. The van der Waals surface area contributed by atoms with Crippen LogP contribution in [0.2, 0.25) is 5.02 Å². The van der Waals surface area contributed by atoms with Crippen molar-refractivity contribution in [3.05, 3.63) is 34.2 Å². The van der Waals surface area contributed by atoms with E-state index in [0.29, 0.717) is 32.0 Å². The van der Waals surface area contributed by atoms with Crippen molar-refractivity contribution < 1.29 is 9.59 Å². The Morgan fingerprint density at radius 1 is 1.29 bits per heavy atom. The zero-order valence-corrected chi connectivity index (χ0v) is 14.8. The number of rotatable bonds is 4. The maximum atomic E-state index is 12.5. The fourth-order valence-electron chi connectivity index (χ4n) is 3.31. The van der Waals surface area contributed by atoms with E-state index in [1.54, 1.807) is 11.3 Å². The summed E-state index contributed by atoms with van der Waals surface area (Å²) in [6, 6.07) is 8.37. The molecular weight excluding hydrogens is 344 g/mol. The summed E-state index contributed by atoms with van der Waals surface area (Å²) in [5.41, 5.74) is 0. The smallest absolute Gasteiger partial charge is 0.225 e. The van der Waals surface area contributed by atoms with Gasteiger partial charge in [0.15, 0.2) is 0 Å². The van der Waals surface area contributed by atoms with Gasteiger partial charge in [-0.3, -0.25) is 9.59 Å². The number of piperidine rings is 1. The van der Waals surface area contributed by atoms with Gasteiger partial charge < -0.3 is 10.2 Å². The monoisotopic (exact) mass is 362 g/mol. The van der Waals surface area contributed by atoms with Gasteiger partial charge >= 0.3 is 0 Å². The van der Waals surface area contributed by atoms with E-state index in [9.17, 15) is 9.59 Å². The second-order valence-corrected chi connectivity index (χ2v) is 8.08. The number of carbonyl (C=O) groups is 2. The van der Waals surface area contributed by atoms with Crippen LogP contribution in [0.3, 0.4) is 0 Å². The van der Waals surface area contributed by atoms with Crippen LogP contribution in [0.25, 0.3) is 10.1 Å². The third-order valence-corrected chi connectivity index (χ3v) is 6.54. The number of carbonyl (C=O) groups excluding carboxylic acids is 2. The van der Waals surface area contributed by atoms with E-state index in [-0.39, 0.29) is 17.7 Å². The molecule has 1 saturated heterocycles. The molecule has 0 bridgehead atoms. The van der Waals surface area contributed by atoms with Crippen LogP contribution in [0.4, 0.5) is 0 Å². The van der Waals surface area contributed by atoms with Gasteiger partial charge in [0, 0.05) is 34.0 Å². The summed E-state index contributed by atoms with van der Waals surface area (Å²) < 4.78 is 1.13. The van der Waals surface area contributed by atoms with E-state index in [1.165, 1.54) is 0 Å². The van der Waals surface area contributed by atoms with Crippen molar-refractivity contribution in [2.45, 2.75) is 38.3 Å². The Morgan fingerprint density at radius 2 is 2.08 bits per heavy atom. The largest absolute Gasteiger partial charge is 0.351 e. The van der Waals surface area contributed by atoms with Crippen LogP contribution in [0.1, 0.15) is 30.6 Å². The van der Waals surface area contributed by atoms with Gasteiger partial charge in [-0.05, 0) is 25.3 Å². The highest BCUT2D eigenvalue weighted by Gasteiger charge is 2.38. The molecule has 1 saturated carbocycles. The maximum Gasteiger partial charge on any atom is 0.225 e. The number of nitrogens with zero attached hydrogens (tertiary/aromatic N) is 1. The molecule has 2 fully saturated rings. The van der Waals surface area contributed by atoms with Gasteiger partial charge in [0.1, 0.15) is 0 Å². The van der Waals surface area contributed by atoms with Crippen molar-refractivity contribution in [3.63, 3.8) is 0 Å². The van der Waals surface area contributed by atoms with Crippen LogP contribution >= 0.6 is 22.9 Å². The van der Waals surface area contributed by atoms with Crippen LogP contribution in [0.15, 0.2) is 24.3 Å². The quantitative estimate of drug-likeness (QED) is 0.903. The van der Waals surface area contributed by atoms with Crippen LogP contribution in [-0.4, -0.2) is 29.3 Å². The second kappa shape index (κ2) is 6.37. The molecule has 0 spiro atoms. The van der Waals surface area contributed by atoms with Crippen LogP contribution in [-0.2, 0) is 16.1 Å². The summed E-state index contributed by atoms with van der Waals surface area (Å²) >= 11 is 8.04. The molecule has 4 rings (SSSR count). The van der Waals surface area contributed by atoms with Gasteiger partial charge in [-0.25, -0.2) is 0 Å². The van der Waals surface area contributed by atoms with Gasteiger partial charge in [0.25, 0.3) is 0 Å². The zero-order valence-electron chi connectivity index (χ0n) is 13.3. The van der Waals surface area contributed by atoms with Crippen molar-refractivity contribution in [3.8, 4) is 0 Å². The lowest BCUT2D eigenvalue weighted by Crippen LogP contribution is -2.46. The molecule has 4 nitrogen and oxygen atoms in total. The number of fused-ring (bicyclic) bond motifs is 1. The molecule has 2 aromatic rings. The Morgan fingerprint density at radius 3 is 2.83 bits per heavy atom. The Balaban J connectivity index is 1.40. The molecule has 6 heteroatoms. The lowest BCUT2D eigenvalue weighted by molar-refractivity contribution is -0.138. The maximum absolute atomic E-state index is 12.5. The predicted molar refractivity (Wildman–Crippen MR) is 96.1 cm³/mol. The average molecular weight is 363 g/mol. The number of likely N-dealkylation sites (tertiary alicyclic amines) is 1. The van der Waals surface area contributed by atoms with Crippen molar-refractivity contribution in [2.75, 3.05) is 6.54 Å². The fourth-order valence-corrected chi connectivity index (χ4v) is 4.75. The standard InChI is InChI=1S/C18H19ClN2O2S/c19-17-13-3-1-2-4-14(13)24-15(17)9-20-18(23)11-5-8-16(22)21(10-11)12-6-7-12/h1-4,11-12H,5-10H2,(H,20,23)/t11-/m0/s1. The van der Waals surface area contributed by atoms with E-state index in [2.05, 4.69) is 5.32 Å². The normalized spacial score (nSPS) is 21.3. The average Bonchev–Trinajstić information content (AvgIpc) is 3.38. The lowest BCUT2D eigenvalue weighted by atomic mass is 9.96. The lowest BCUT2D eigenvalue weighted by Gasteiger charge is -2.32. The molecule has 2 amide bonds. The Labute approximate surface area is 149 Å². The molecule has 126 valence electrons. The first-order valence-corrected chi connectivity index (χ1v) is 9.56. The SMILES string of the molecule is O=C(NCc1sc2ccccc2c1Cl)[C@H]1CCC(=O)N(C2CC2)C1. The number of hydrogen-bond donors (Lipinski definition) is 1. The van der Waals surface area contributed by atoms with Gasteiger partial charge in [0.2, 0.25) is 11.8 Å². The number of amides is 2. The number of thiophene rings is 1. The highest BCUT2D eigenvalue weighted by molar-refractivity contribution is 7.19. The van der Waals surface area contributed by atoms with Crippen molar-refractivity contribution in [1.29, 1.82) is 0 Å². The predicted octanol–water partition coefficient (Wildman–Crippen LogP) is 3.57. The van der Waals surface area contributed by atoms with E-state index in [4.69, 9.17) is 11.6 Å². The third kappa shape index (κ3) is 3.03. The Bertz CT molecular complexity index is 799. The number of benzene rings is 1. The molecule has 2 heterocycles. The minimum Gasteiger partial charge on any atom is -0.351 e. The van der Waals surface area contributed by atoms with Gasteiger partial charge in [0.05, 0.1) is 17.5 Å². The summed E-state index contributed by atoms with van der Waals surface area (Å²) in [5, 5.41) is 4.78. The van der Waals surface area contributed by atoms with Gasteiger partial charge in [-0.2, -0.15) is 0 Å². The Kier molecular flexibility index (Phi) is 4.22. The molecule has 0 radical (unpaired) electrons. The second-order valence-electron chi connectivity index (χ2n) is 6.57. The molecule has 2 aliphatic rings. The number of hydrogen-bond acceptors (Lipinski definition) is 3. The summed E-state index contributed by atoms with van der Waals surface area (Å²) in [4.78, 5) is 27.3.